The van der Waals surface area contributed by atoms with Crippen LogP contribution >= 0.6 is 11.3 Å². The number of anilines is 1. The maximum Gasteiger partial charge on any atom is 0.309 e. The number of primary sulfonamides is 1. The molecule has 0 saturated carbocycles. The molecule has 1 aliphatic rings. The highest BCUT2D eigenvalue weighted by molar-refractivity contribution is 7.89. The maximum absolute atomic E-state index is 12.5. The number of rotatable bonds is 8. The van der Waals surface area contributed by atoms with E-state index < -0.39 is 21.8 Å². The number of amides is 2. The van der Waals surface area contributed by atoms with Gasteiger partial charge in [-0.25, -0.2) is 13.6 Å². The summed E-state index contributed by atoms with van der Waals surface area (Å²) in [5.41, 5.74) is 3.26. The largest absolute Gasteiger partial charge is 0.361 e. The van der Waals surface area contributed by atoms with Gasteiger partial charge in [-0.15, -0.1) is 11.3 Å². The number of sulfonamides is 1. The van der Waals surface area contributed by atoms with Crippen LogP contribution in [0.3, 0.4) is 0 Å². The molecule has 34 heavy (non-hydrogen) atoms. The Morgan fingerprint density at radius 2 is 1.74 bits per heavy atom. The van der Waals surface area contributed by atoms with Crippen molar-refractivity contribution in [3.63, 3.8) is 0 Å². The first kappa shape index (κ1) is 23.9. The average molecular weight is 499 g/mol. The highest BCUT2D eigenvalue weighted by Crippen LogP contribution is 2.36. The normalized spacial score (nSPS) is 13.9. The summed E-state index contributed by atoms with van der Waals surface area (Å²) >= 11 is 1.63. The summed E-state index contributed by atoms with van der Waals surface area (Å²) in [6.45, 7) is 1.42. The van der Waals surface area contributed by atoms with Crippen molar-refractivity contribution in [3.8, 4) is 0 Å². The van der Waals surface area contributed by atoms with Gasteiger partial charge >= 0.3 is 11.8 Å². The van der Waals surface area contributed by atoms with E-state index in [2.05, 4.69) is 27.7 Å². The molecule has 0 radical (unpaired) electrons. The monoisotopic (exact) mass is 498 g/mol. The number of thiophene rings is 1. The summed E-state index contributed by atoms with van der Waals surface area (Å²) in [5, 5.41) is 12.5. The molecule has 4 rings (SSSR count). The van der Waals surface area contributed by atoms with E-state index >= 15 is 0 Å². The number of benzene rings is 2. The Kier molecular flexibility index (Phi) is 7.30. The molecule has 0 aliphatic carbocycles. The van der Waals surface area contributed by atoms with Crippen molar-refractivity contribution in [2.75, 3.05) is 24.5 Å². The topological polar surface area (TPSA) is 122 Å². The number of nitrogens with zero attached hydrogens (tertiary/aromatic N) is 1. The molecule has 0 saturated heterocycles. The molecule has 2 amide bonds. The quantitative estimate of drug-likeness (QED) is 0.410. The molecule has 0 fully saturated rings. The van der Waals surface area contributed by atoms with Crippen molar-refractivity contribution in [2.45, 2.75) is 23.8 Å². The first-order chi connectivity index (χ1) is 16.3. The van der Waals surface area contributed by atoms with Gasteiger partial charge in [-0.05, 0) is 53.6 Å². The van der Waals surface area contributed by atoms with Crippen LogP contribution in [0.15, 0.2) is 70.9 Å². The minimum absolute atomic E-state index is 0.0283. The fourth-order valence-electron chi connectivity index (χ4n) is 4.05. The number of nitrogens with one attached hydrogen (secondary N) is 2. The molecule has 3 aromatic rings. The fourth-order valence-corrected chi connectivity index (χ4v) is 5.40. The summed E-state index contributed by atoms with van der Waals surface area (Å²) in [7, 11) is -3.74. The number of hydrogen-bond acceptors (Lipinski definition) is 6. The number of hydrogen-bond donors (Lipinski definition) is 3. The van der Waals surface area contributed by atoms with E-state index in [0.29, 0.717) is 13.0 Å². The lowest BCUT2D eigenvalue weighted by Crippen LogP contribution is -2.44. The maximum atomic E-state index is 12.5. The Bertz CT molecular complexity index is 1260. The van der Waals surface area contributed by atoms with Gasteiger partial charge < -0.3 is 15.5 Å². The van der Waals surface area contributed by atoms with Crippen LogP contribution in [0.2, 0.25) is 0 Å². The van der Waals surface area contributed by atoms with Gasteiger partial charge in [0.1, 0.15) is 0 Å². The van der Waals surface area contributed by atoms with E-state index in [1.54, 1.807) is 23.5 Å². The van der Waals surface area contributed by atoms with Crippen LogP contribution in [0.5, 0.6) is 0 Å². The molecular weight excluding hydrogens is 472 g/mol. The lowest BCUT2D eigenvalue weighted by atomic mass is 10.1. The molecular formula is C24H26N4O4S2. The Labute approximate surface area is 202 Å². The molecule has 8 nitrogen and oxygen atoms in total. The van der Waals surface area contributed by atoms with Crippen LogP contribution in [-0.4, -0.2) is 39.9 Å². The zero-order valence-electron chi connectivity index (χ0n) is 18.4. The SMILES string of the molecule is NS(=O)(=O)c1ccc(CCNC(=O)C(=O)NC[C@@H](c2cccs2)N2CCc3ccccc32)cc1. The van der Waals surface area contributed by atoms with Crippen molar-refractivity contribution in [1.29, 1.82) is 0 Å². The zero-order chi connectivity index (χ0) is 24.1. The van der Waals surface area contributed by atoms with Gasteiger partial charge in [0.05, 0.1) is 10.9 Å². The Morgan fingerprint density at radius 1 is 1.00 bits per heavy atom. The van der Waals surface area contributed by atoms with Gasteiger partial charge in [0.25, 0.3) is 0 Å². The summed E-state index contributed by atoms with van der Waals surface area (Å²) in [4.78, 5) is 28.2. The van der Waals surface area contributed by atoms with Crippen molar-refractivity contribution < 1.29 is 18.0 Å². The van der Waals surface area contributed by atoms with Gasteiger partial charge in [-0.1, -0.05) is 36.4 Å². The van der Waals surface area contributed by atoms with Crippen molar-refractivity contribution in [2.24, 2.45) is 5.14 Å². The van der Waals surface area contributed by atoms with Crippen LogP contribution < -0.4 is 20.7 Å². The molecule has 4 N–H and O–H groups in total. The van der Waals surface area contributed by atoms with Crippen LogP contribution in [-0.2, 0) is 32.5 Å². The number of fused-ring (bicyclic) bond motifs is 1. The van der Waals surface area contributed by atoms with E-state index in [0.717, 1.165) is 29.1 Å². The highest BCUT2D eigenvalue weighted by Gasteiger charge is 2.28. The summed E-state index contributed by atoms with van der Waals surface area (Å²) < 4.78 is 22.7. The van der Waals surface area contributed by atoms with Crippen molar-refractivity contribution in [1.82, 2.24) is 10.6 Å². The second kappa shape index (κ2) is 10.4. The Balaban J connectivity index is 1.31. The van der Waals surface area contributed by atoms with Gasteiger partial charge in [0.15, 0.2) is 0 Å². The van der Waals surface area contributed by atoms with Gasteiger partial charge in [-0.3, -0.25) is 9.59 Å². The molecule has 2 aromatic carbocycles. The van der Waals surface area contributed by atoms with Crippen molar-refractivity contribution in [3.05, 3.63) is 82.0 Å². The van der Waals surface area contributed by atoms with Crippen LogP contribution in [0.25, 0.3) is 0 Å². The third-order valence-electron chi connectivity index (χ3n) is 5.78. The first-order valence-corrected chi connectivity index (χ1v) is 13.3. The molecule has 1 atom stereocenters. The lowest BCUT2D eigenvalue weighted by molar-refractivity contribution is -0.139. The fraction of sp³-hybridized carbons (Fsp3) is 0.250. The Hall–Kier alpha value is -3.21. The first-order valence-electron chi connectivity index (χ1n) is 10.9. The lowest BCUT2D eigenvalue weighted by Gasteiger charge is -2.30. The van der Waals surface area contributed by atoms with Gasteiger partial charge in [0, 0.05) is 30.2 Å². The summed E-state index contributed by atoms with van der Waals surface area (Å²) in [6.07, 6.45) is 1.40. The number of para-hydroxylation sites is 1. The minimum atomic E-state index is -3.74. The van der Waals surface area contributed by atoms with Crippen LogP contribution in [0.1, 0.15) is 22.0 Å². The van der Waals surface area contributed by atoms with Crippen molar-refractivity contribution >= 4 is 38.9 Å². The molecule has 0 bridgehead atoms. The van der Waals surface area contributed by atoms with Gasteiger partial charge in [0.2, 0.25) is 10.0 Å². The minimum Gasteiger partial charge on any atom is -0.361 e. The molecule has 2 heterocycles. The Morgan fingerprint density at radius 3 is 2.44 bits per heavy atom. The molecule has 1 aliphatic heterocycles. The van der Waals surface area contributed by atoms with Gasteiger partial charge in [-0.2, -0.15) is 0 Å². The summed E-state index contributed by atoms with van der Waals surface area (Å²) in [5.74, 6) is -1.38. The molecule has 1 aromatic heterocycles. The number of carbonyl (C=O) groups excluding carboxylic acids is 2. The van der Waals surface area contributed by atoms with Crippen LogP contribution in [0.4, 0.5) is 5.69 Å². The van der Waals surface area contributed by atoms with Crippen LogP contribution in [0, 0.1) is 0 Å². The van der Waals surface area contributed by atoms with E-state index in [4.69, 9.17) is 5.14 Å². The molecule has 10 heteroatoms. The summed E-state index contributed by atoms with van der Waals surface area (Å²) in [6, 6.07) is 18.3. The smallest absolute Gasteiger partial charge is 0.309 e. The van der Waals surface area contributed by atoms with E-state index in [9.17, 15) is 18.0 Å². The molecule has 178 valence electrons. The average Bonchev–Trinajstić information content (AvgIpc) is 3.50. The number of carbonyl (C=O) groups is 2. The van der Waals surface area contributed by atoms with E-state index in [1.807, 2.05) is 29.6 Å². The van der Waals surface area contributed by atoms with E-state index in [-0.39, 0.29) is 17.5 Å². The third kappa shape index (κ3) is 5.64. The third-order valence-corrected chi connectivity index (χ3v) is 7.69. The predicted molar refractivity (Wildman–Crippen MR) is 132 cm³/mol. The molecule has 0 spiro atoms. The number of nitrogens with two attached hydrogens (primary N) is 1. The standard InChI is InChI=1S/C24H26N4O4S2/c25-34(31,32)19-9-7-17(8-10-19)11-13-26-23(29)24(30)27-16-21(22-6-3-15-33-22)28-14-12-18-4-1-2-5-20(18)28/h1-10,15,21H,11-14,16H2,(H,26,29)(H,27,30)(H2,25,31,32)/t21-/m0/s1. The molecule has 0 unspecified atom stereocenters. The second-order valence-corrected chi connectivity index (χ2v) is 10.5. The predicted octanol–water partition coefficient (Wildman–Crippen LogP) is 1.97. The zero-order valence-corrected chi connectivity index (χ0v) is 20.1. The van der Waals surface area contributed by atoms with E-state index in [1.165, 1.54) is 17.7 Å². The second-order valence-electron chi connectivity index (χ2n) is 8.01. The highest BCUT2D eigenvalue weighted by atomic mass is 32.2.